The van der Waals surface area contributed by atoms with Crippen molar-refractivity contribution in [3.63, 3.8) is 0 Å². The van der Waals surface area contributed by atoms with Gasteiger partial charge in [-0.05, 0) is 45.6 Å². The maximum atomic E-state index is 4.58. The topological polar surface area (TPSA) is 31.4 Å². The fourth-order valence-electron chi connectivity index (χ4n) is 2.72. The van der Waals surface area contributed by atoms with Crippen molar-refractivity contribution in [2.75, 3.05) is 33.7 Å². The van der Waals surface area contributed by atoms with E-state index in [0.717, 1.165) is 19.6 Å². The van der Waals surface area contributed by atoms with Crippen LogP contribution >= 0.6 is 0 Å². The number of aromatic nitrogens is 1. The van der Waals surface area contributed by atoms with Crippen LogP contribution in [-0.4, -0.2) is 54.6 Å². The molecule has 4 nitrogen and oxygen atoms in total. The number of likely N-dealkylation sites (N-methyl/N-ethyl adjacent to an activating group) is 1. The second kappa shape index (κ2) is 6.98. The van der Waals surface area contributed by atoms with Gasteiger partial charge in [-0.3, -0.25) is 9.88 Å². The average molecular weight is 262 g/mol. The summed E-state index contributed by atoms with van der Waals surface area (Å²) in [4.78, 5) is 9.55. The Morgan fingerprint density at radius 2 is 2.21 bits per heavy atom. The second-order valence-corrected chi connectivity index (χ2v) is 5.62. The quantitative estimate of drug-likeness (QED) is 0.887. The molecular formula is C15H26N4. The van der Waals surface area contributed by atoms with E-state index in [0.29, 0.717) is 6.04 Å². The summed E-state index contributed by atoms with van der Waals surface area (Å²) in [5.74, 6) is 0. The maximum absolute atomic E-state index is 4.58. The van der Waals surface area contributed by atoms with Gasteiger partial charge in [0.1, 0.15) is 0 Å². The van der Waals surface area contributed by atoms with Crippen molar-refractivity contribution in [2.45, 2.75) is 32.5 Å². The molecule has 0 radical (unpaired) electrons. The van der Waals surface area contributed by atoms with Crippen molar-refractivity contribution < 1.29 is 0 Å². The number of hydrogen-bond acceptors (Lipinski definition) is 4. The third-order valence-corrected chi connectivity index (χ3v) is 3.82. The fourth-order valence-corrected chi connectivity index (χ4v) is 2.72. The van der Waals surface area contributed by atoms with Crippen LogP contribution in [0.1, 0.15) is 24.6 Å². The lowest BCUT2D eigenvalue weighted by molar-refractivity contribution is 0.192. The number of rotatable bonds is 4. The van der Waals surface area contributed by atoms with E-state index in [4.69, 9.17) is 0 Å². The highest BCUT2D eigenvalue weighted by molar-refractivity contribution is 5.14. The van der Waals surface area contributed by atoms with E-state index >= 15 is 0 Å². The van der Waals surface area contributed by atoms with Crippen LogP contribution in [0.2, 0.25) is 0 Å². The highest BCUT2D eigenvalue weighted by Crippen LogP contribution is 2.12. The molecule has 1 saturated heterocycles. The first kappa shape index (κ1) is 14.4. The summed E-state index contributed by atoms with van der Waals surface area (Å²) in [6.07, 6.45) is 3.24. The summed E-state index contributed by atoms with van der Waals surface area (Å²) in [6.45, 7) is 7.70. The molecule has 1 fully saturated rings. The van der Waals surface area contributed by atoms with Crippen LogP contribution in [0.15, 0.2) is 18.3 Å². The third-order valence-electron chi connectivity index (χ3n) is 3.82. The number of pyridine rings is 1. The van der Waals surface area contributed by atoms with Crippen LogP contribution in [0.25, 0.3) is 0 Å². The van der Waals surface area contributed by atoms with Crippen LogP contribution in [0.4, 0.5) is 0 Å². The van der Waals surface area contributed by atoms with Crippen molar-refractivity contribution in [2.24, 2.45) is 0 Å². The zero-order valence-corrected chi connectivity index (χ0v) is 12.4. The Hall–Kier alpha value is -0.970. The minimum atomic E-state index is 0.603. The van der Waals surface area contributed by atoms with E-state index in [1.54, 1.807) is 0 Å². The molecule has 1 aliphatic rings. The SMILES string of the molecule is CNCc1ccc(CN2CCCN(C)CC2C)nc1. The first-order valence-electron chi connectivity index (χ1n) is 7.20. The molecule has 0 aromatic carbocycles. The lowest BCUT2D eigenvalue weighted by atomic mass is 10.2. The van der Waals surface area contributed by atoms with Gasteiger partial charge in [0.15, 0.2) is 0 Å². The summed E-state index contributed by atoms with van der Waals surface area (Å²) < 4.78 is 0. The molecule has 2 rings (SSSR count). The highest BCUT2D eigenvalue weighted by atomic mass is 15.2. The summed E-state index contributed by atoms with van der Waals surface area (Å²) in [5.41, 5.74) is 2.42. The molecule has 1 N–H and O–H groups in total. The Morgan fingerprint density at radius 1 is 1.37 bits per heavy atom. The van der Waals surface area contributed by atoms with Gasteiger partial charge < -0.3 is 10.2 Å². The number of nitrogens with zero attached hydrogens (tertiary/aromatic N) is 3. The second-order valence-electron chi connectivity index (χ2n) is 5.62. The van der Waals surface area contributed by atoms with Crippen LogP contribution in [0.5, 0.6) is 0 Å². The zero-order chi connectivity index (χ0) is 13.7. The monoisotopic (exact) mass is 262 g/mol. The molecule has 2 heterocycles. The van der Waals surface area contributed by atoms with E-state index in [1.807, 2.05) is 13.2 Å². The Morgan fingerprint density at radius 3 is 2.89 bits per heavy atom. The third kappa shape index (κ3) is 4.27. The van der Waals surface area contributed by atoms with Crippen LogP contribution < -0.4 is 5.32 Å². The van der Waals surface area contributed by atoms with Crippen LogP contribution in [0, 0.1) is 0 Å². The molecule has 1 aliphatic heterocycles. The molecule has 19 heavy (non-hydrogen) atoms. The van der Waals surface area contributed by atoms with Gasteiger partial charge in [-0.15, -0.1) is 0 Å². The van der Waals surface area contributed by atoms with Crippen molar-refractivity contribution in [3.8, 4) is 0 Å². The van der Waals surface area contributed by atoms with Crippen molar-refractivity contribution in [1.82, 2.24) is 20.1 Å². The van der Waals surface area contributed by atoms with Gasteiger partial charge in [-0.2, -0.15) is 0 Å². The highest BCUT2D eigenvalue weighted by Gasteiger charge is 2.19. The predicted octanol–water partition coefficient (Wildman–Crippen LogP) is 1.33. The zero-order valence-electron chi connectivity index (χ0n) is 12.4. The molecule has 1 unspecified atom stereocenters. The smallest absolute Gasteiger partial charge is 0.0544 e. The Kier molecular flexibility index (Phi) is 5.31. The normalized spacial score (nSPS) is 22.4. The Labute approximate surface area is 116 Å². The predicted molar refractivity (Wildman–Crippen MR) is 79.0 cm³/mol. The molecule has 1 aromatic rings. The van der Waals surface area contributed by atoms with E-state index in [1.165, 1.54) is 30.8 Å². The lowest BCUT2D eigenvalue weighted by Crippen LogP contribution is -2.37. The first-order valence-corrected chi connectivity index (χ1v) is 7.20. The summed E-state index contributed by atoms with van der Waals surface area (Å²) in [5, 5.41) is 3.15. The summed E-state index contributed by atoms with van der Waals surface area (Å²) >= 11 is 0. The molecule has 1 aromatic heterocycles. The molecule has 0 amide bonds. The fraction of sp³-hybridized carbons (Fsp3) is 0.667. The van der Waals surface area contributed by atoms with Crippen LogP contribution in [0.3, 0.4) is 0 Å². The minimum Gasteiger partial charge on any atom is -0.316 e. The molecular weight excluding hydrogens is 236 g/mol. The van der Waals surface area contributed by atoms with Gasteiger partial charge in [0, 0.05) is 38.4 Å². The first-order chi connectivity index (χ1) is 9.19. The van der Waals surface area contributed by atoms with Gasteiger partial charge in [0.05, 0.1) is 5.69 Å². The van der Waals surface area contributed by atoms with E-state index in [2.05, 4.69) is 46.2 Å². The molecule has 0 aliphatic carbocycles. The summed E-state index contributed by atoms with van der Waals surface area (Å²) in [6, 6.07) is 4.94. The van der Waals surface area contributed by atoms with Crippen LogP contribution in [-0.2, 0) is 13.1 Å². The van der Waals surface area contributed by atoms with Crippen molar-refractivity contribution in [1.29, 1.82) is 0 Å². The molecule has 0 saturated carbocycles. The minimum absolute atomic E-state index is 0.603. The molecule has 106 valence electrons. The van der Waals surface area contributed by atoms with Gasteiger partial charge in [-0.25, -0.2) is 0 Å². The molecule has 1 atom stereocenters. The Balaban J connectivity index is 1.95. The summed E-state index contributed by atoms with van der Waals surface area (Å²) in [7, 11) is 4.17. The molecule has 0 bridgehead atoms. The van der Waals surface area contributed by atoms with Gasteiger partial charge in [-0.1, -0.05) is 6.07 Å². The van der Waals surface area contributed by atoms with Gasteiger partial charge in [0.2, 0.25) is 0 Å². The molecule has 0 spiro atoms. The average Bonchev–Trinajstić information content (AvgIpc) is 2.54. The number of nitrogens with one attached hydrogen (secondary N) is 1. The van der Waals surface area contributed by atoms with E-state index in [9.17, 15) is 0 Å². The largest absolute Gasteiger partial charge is 0.316 e. The Bertz CT molecular complexity index is 376. The molecule has 4 heteroatoms. The van der Waals surface area contributed by atoms with Gasteiger partial charge >= 0.3 is 0 Å². The van der Waals surface area contributed by atoms with E-state index in [-0.39, 0.29) is 0 Å². The van der Waals surface area contributed by atoms with Crippen molar-refractivity contribution in [3.05, 3.63) is 29.6 Å². The standard InChI is InChI=1S/C15H26N4/c1-13-11-18(3)7-4-8-19(13)12-15-6-5-14(9-16-2)10-17-15/h5-6,10,13,16H,4,7-9,11-12H2,1-3H3. The van der Waals surface area contributed by atoms with Gasteiger partial charge in [0.25, 0.3) is 0 Å². The van der Waals surface area contributed by atoms with E-state index < -0.39 is 0 Å². The maximum Gasteiger partial charge on any atom is 0.0544 e. The lowest BCUT2D eigenvalue weighted by Gasteiger charge is -2.27. The van der Waals surface area contributed by atoms with Crippen molar-refractivity contribution >= 4 is 0 Å². The number of hydrogen-bond donors (Lipinski definition) is 1.